The van der Waals surface area contributed by atoms with Gasteiger partial charge in [0.15, 0.2) is 0 Å². The molecule has 0 amide bonds. The minimum absolute atomic E-state index is 0.642. The smallest absolute Gasteiger partial charge is 0.115 e. The van der Waals surface area contributed by atoms with Gasteiger partial charge in [-0.05, 0) is 49.2 Å². The van der Waals surface area contributed by atoms with Crippen molar-refractivity contribution >= 4 is 0 Å². The first-order chi connectivity index (χ1) is 9.27. The van der Waals surface area contributed by atoms with Gasteiger partial charge in [-0.1, -0.05) is 33.1 Å². The number of rotatable bonds is 5. The zero-order valence-corrected chi connectivity index (χ0v) is 12.3. The van der Waals surface area contributed by atoms with Gasteiger partial charge in [-0.3, -0.25) is 0 Å². The lowest BCUT2D eigenvalue weighted by Crippen LogP contribution is -2.29. The van der Waals surface area contributed by atoms with E-state index < -0.39 is 0 Å². The van der Waals surface area contributed by atoms with E-state index in [1.807, 2.05) is 12.4 Å². The third-order valence-corrected chi connectivity index (χ3v) is 4.13. The normalized spacial score (nSPS) is 24.4. The summed E-state index contributed by atoms with van der Waals surface area (Å²) in [5.74, 6) is 2.11. The molecule has 1 aromatic rings. The minimum Gasteiger partial charge on any atom is -0.316 e. The molecule has 106 valence electrons. The predicted octanol–water partition coefficient (Wildman–Crippen LogP) is 3.39. The van der Waals surface area contributed by atoms with Crippen LogP contribution in [-0.2, 0) is 0 Å². The topological polar surface area (TPSA) is 37.8 Å². The van der Waals surface area contributed by atoms with Crippen molar-refractivity contribution in [3.63, 3.8) is 0 Å². The molecule has 2 rings (SSSR count). The molecule has 0 saturated heterocycles. The molecule has 1 saturated carbocycles. The molecule has 0 radical (unpaired) electrons. The van der Waals surface area contributed by atoms with E-state index >= 15 is 0 Å². The fourth-order valence-electron chi connectivity index (χ4n) is 3.13. The van der Waals surface area contributed by atoms with E-state index in [-0.39, 0.29) is 0 Å². The van der Waals surface area contributed by atoms with Crippen molar-refractivity contribution in [2.45, 2.75) is 51.9 Å². The minimum atomic E-state index is 0.642. The van der Waals surface area contributed by atoms with Gasteiger partial charge < -0.3 is 5.32 Å². The molecule has 1 N–H and O–H groups in total. The molecule has 0 aromatic carbocycles. The summed E-state index contributed by atoms with van der Waals surface area (Å²) in [6.45, 7) is 6.79. The summed E-state index contributed by atoms with van der Waals surface area (Å²) in [6.07, 6.45) is 12.4. The Morgan fingerprint density at radius 1 is 1.16 bits per heavy atom. The Morgan fingerprint density at radius 3 is 2.63 bits per heavy atom. The first-order valence-electron chi connectivity index (χ1n) is 7.73. The zero-order chi connectivity index (χ0) is 13.5. The van der Waals surface area contributed by atoms with Crippen LogP contribution in [0.4, 0.5) is 0 Å². The van der Waals surface area contributed by atoms with Crippen LogP contribution >= 0.6 is 0 Å². The maximum atomic E-state index is 4.20. The number of hydrogen-bond donors (Lipinski definition) is 1. The molecule has 1 aromatic heterocycles. The Morgan fingerprint density at radius 2 is 1.89 bits per heavy atom. The molecule has 2 atom stereocenters. The Bertz CT molecular complexity index is 350. The van der Waals surface area contributed by atoms with Crippen LogP contribution in [0.15, 0.2) is 18.7 Å². The summed E-state index contributed by atoms with van der Waals surface area (Å²) in [5.41, 5.74) is 1.33. The summed E-state index contributed by atoms with van der Waals surface area (Å²) in [6, 6.07) is 0. The van der Waals surface area contributed by atoms with Crippen molar-refractivity contribution in [3.8, 4) is 0 Å². The third-order valence-electron chi connectivity index (χ3n) is 4.13. The lowest BCUT2D eigenvalue weighted by Gasteiger charge is -2.25. The van der Waals surface area contributed by atoms with Crippen LogP contribution in [0.2, 0.25) is 0 Å². The Balaban J connectivity index is 1.99. The number of nitrogens with one attached hydrogen (secondary N) is 1. The monoisotopic (exact) mass is 261 g/mol. The maximum absolute atomic E-state index is 4.20. The largest absolute Gasteiger partial charge is 0.316 e. The highest BCUT2D eigenvalue weighted by atomic mass is 14.9. The summed E-state index contributed by atoms with van der Waals surface area (Å²) in [5, 5.41) is 3.64. The number of nitrogens with zero attached hydrogens (tertiary/aromatic N) is 2. The number of hydrogen-bond acceptors (Lipinski definition) is 3. The van der Waals surface area contributed by atoms with Crippen molar-refractivity contribution in [1.82, 2.24) is 15.3 Å². The van der Waals surface area contributed by atoms with Crippen LogP contribution < -0.4 is 5.32 Å². The van der Waals surface area contributed by atoms with Crippen molar-refractivity contribution < 1.29 is 0 Å². The molecule has 1 heterocycles. The highest BCUT2D eigenvalue weighted by Gasteiger charge is 2.25. The molecular weight excluding hydrogens is 234 g/mol. The second-order valence-corrected chi connectivity index (χ2v) is 6.23. The van der Waals surface area contributed by atoms with Gasteiger partial charge in [0.1, 0.15) is 6.33 Å². The molecule has 0 aliphatic heterocycles. The van der Waals surface area contributed by atoms with Crippen LogP contribution in [0.1, 0.15) is 57.4 Å². The maximum Gasteiger partial charge on any atom is 0.115 e. The molecule has 1 aliphatic carbocycles. The van der Waals surface area contributed by atoms with E-state index in [1.54, 1.807) is 6.33 Å². The summed E-state index contributed by atoms with van der Waals surface area (Å²) < 4.78 is 0. The highest BCUT2D eigenvalue weighted by molar-refractivity contribution is 5.12. The van der Waals surface area contributed by atoms with Gasteiger partial charge in [0.05, 0.1) is 0 Å². The zero-order valence-electron chi connectivity index (χ0n) is 12.3. The quantitative estimate of drug-likeness (QED) is 0.826. The third kappa shape index (κ3) is 4.57. The van der Waals surface area contributed by atoms with Crippen molar-refractivity contribution in [2.24, 2.45) is 11.8 Å². The van der Waals surface area contributed by atoms with Crippen LogP contribution in [0.3, 0.4) is 0 Å². The van der Waals surface area contributed by atoms with Crippen molar-refractivity contribution in [2.75, 3.05) is 13.1 Å². The van der Waals surface area contributed by atoms with Crippen LogP contribution in [0, 0.1) is 11.8 Å². The highest BCUT2D eigenvalue weighted by Crippen LogP contribution is 2.35. The van der Waals surface area contributed by atoms with E-state index in [0.29, 0.717) is 5.92 Å². The molecule has 1 fully saturated rings. The van der Waals surface area contributed by atoms with Crippen LogP contribution in [0.25, 0.3) is 0 Å². The first kappa shape index (κ1) is 14.4. The van der Waals surface area contributed by atoms with E-state index in [0.717, 1.165) is 24.9 Å². The Kier molecular flexibility index (Phi) is 5.77. The van der Waals surface area contributed by atoms with Crippen LogP contribution in [0.5, 0.6) is 0 Å². The molecule has 3 heteroatoms. The van der Waals surface area contributed by atoms with E-state index in [1.165, 1.54) is 37.7 Å². The predicted molar refractivity (Wildman–Crippen MR) is 79.1 cm³/mol. The molecule has 1 aliphatic rings. The molecule has 0 spiro atoms. The second kappa shape index (κ2) is 7.59. The van der Waals surface area contributed by atoms with Gasteiger partial charge in [0.25, 0.3) is 0 Å². The molecule has 2 unspecified atom stereocenters. The average Bonchev–Trinajstić information content (AvgIpc) is 2.65. The SMILES string of the molecule is CC(C)CNCC1CCCCCC1c1cncnc1. The lowest BCUT2D eigenvalue weighted by molar-refractivity contribution is 0.365. The molecule has 19 heavy (non-hydrogen) atoms. The van der Waals surface area contributed by atoms with Crippen molar-refractivity contribution in [3.05, 3.63) is 24.3 Å². The van der Waals surface area contributed by atoms with E-state index in [2.05, 4.69) is 29.1 Å². The Labute approximate surface area is 117 Å². The number of aromatic nitrogens is 2. The molecule has 0 bridgehead atoms. The summed E-state index contributed by atoms with van der Waals surface area (Å²) >= 11 is 0. The Hall–Kier alpha value is -0.960. The van der Waals surface area contributed by atoms with Gasteiger partial charge in [-0.2, -0.15) is 0 Å². The van der Waals surface area contributed by atoms with E-state index in [4.69, 9.17) is 0 Å². The average molecular weight is 261 g/mol. The van der Waals surface area contributed by atoms with Gasteiger partial charge in [0.2, 0.25) is 0 Å². The van der Waals surface area contributed by atoms with Gasteiger partial charge in [0, 0.05) is 12.4 Å². The molecule has 3 nitrogen and oxygen atoms in total. The fourth-order valence-corrected chi connectivity index (χ4v) is 3.13. The standard InChI is InChI=1S/C16H27N3/c1-13(2)8-17-9-14-6-4-3-5-7-16(14)15-10-18-12-19-11-15/h10-14,16-17H,3-9H2,1-2H3. The fraction of sp³-hybridized carbons (Fsp3) is 0.750. The first-order valence-corrected chi connectivity index (χ1v) is 7.73. The van der Waals surface area contributed by atoms with E-state index in [9.17, 15) is 0 Å². The van der Waals surface area contributed by atoms with Gasteiger partial charge in [-0.25, -0.2) is 9.97 Å². The van der Waals surface area contributed by atoms with Gasteiger partial charge >= 0.3 is 0 Å². The lowest BCUT2D eigenvalue weighted by atomic mass is 9.83. The summed E-state index contributed by atoms with van der Waals surface area (Å²) in [7, 11) is 0. The van der Waals surface area contributed by atoms with Gasteiger partial charge in [-0.15, -0.1) is 0 Å². The second-order valence-electron chi connectivity index (χ2n) is 6.23. The van der Waals surface area contributed by atoms with Crippen molar-refractivity contribution in [1.29, 1.82) is 0 Å². The van der Waals surface area contributed by atoms with Crippen LogP contribution in [-0.4, -0.2) is 23.1 Å². The molecular formula is C16H27N3. The summed E-state index contributed by atoms with van der Waals surface area (Å²) in [4.78, 5) is 8.40.